The first-order valence-electron chi connectivity index (χ1n) is 4.03. The third-order valence-electron chi connectivity index (χ3n) is 2.41. The smallest absolute Gasteiger partial charge is 0.480 e. The lowest BCUT2D eigenvalue weighted by Crippen LogP contribution is -2.52. The van der Waals surface area contributed by atoms with Gasteiger partial charge in [0.15, 0.2) is 0 Å². The Morgan fingerprint density at radius 2 is 1.79 bits per heavy atom. The van der Waals surface area contributed by atoms with Crippen LogP contribution in [0.15, 0.2) is 0 Å². The van der Waals surface area contributed by atoms with E-state index in [0.29, 0.717) is 0 Å². The van der Waals surface area contributed by atoms with E-state index in [1.54, 1.807) is 6.92 Å². The highest BCUT2D eigenvalue weighted by molar-refractivity contribution is 8.11. The van der Waals surface area contributed by atoms with Crippen molar-refractivity contribution in [3.63, 3.8) is 0 Å². The van der Waals surface area contributed by atoms with Gasteiger partial charge in [0, 0.05) is 21.3 Å². The first-order valence-corrected chi connectivity index (χ1v) is 6.71. The van der Waals surface area contributed by atoms with Crippen molar-refractivity contribution >= 4 is 26.5 Å². The van der Waals surface area contributed by atoms with E-state index in [9.17, 15) is 4.79 Å². The van der Waals surface area contributed by atoms with Crippen LogP contribution in [0.1, 0.15) is 6.92 Å². The van der Waals surface area contributed by atoms with Crippen molar-refractivity contribution in [2.45, 2.75) is 16.5 Å². The minimum atomic E-state index is -2.80. The number of hydrogen-bond donors (Lipinski definition) is 1. The molecule has 1 N–H and O–H groups in total. The van der Waals surface area contributed by atoms with Crippen molar-refractivity contribution in [2.75, 3.05) is 21.3 Å². The summed E-state index contributed by atoms with van der Waals surface area (Å²) in [6, 6.07) is 0. The predicted molar refractivity (Wildman–Crippen MR) is 54.2 cm³/mol. The number of rotatable bonds is 5. The van der Waals surface area contributed by atoms with Gasteiger partial charge in [-0.05, 0) is 6.92 Å². The average molecular weight is 238 g/mol. The zero-order chi connectivity index (χ0) is 11.0. The molecule has 0 aromatic rings. The van der Waals surface area contributed by atoms with Crippen molar-refractivity contribution in [3.8, 4) is 0 Å². The lowest BCUT2D eigenvalue weighted by Gasteiger charge is -2.24. The first kappa shape index (κ1) is 12.0. The number of thioether (sulfide) groups is 1. The number of aliphatic carboxylic acids is 1. The van der Waals surface area contributed by atoms with E-state index in [1.165, 1.54) is 33.1 Å². The molecule has 7 heteroatoms. The molecule has 1 rings (SSSR count). The molecule has 0 radical (unpaired) electrons. The number of carbonyl (C=O) groups is 1. The Hall–Kier alpha value is -0.0831. The Kier molecular flexibility index (Phi) is 3.27. The van der Waals surface area contributed by atoms with Crippen LogP contribution in [0.5, 0.6) is 0 Å². The van der Waals surface area contributed by atoms with Crippen LogP contribution in [-0.4, -0.2) is 50.8 Å². The highest BCUT2D eigenvalue weighted by atomic mass is 32.2. The van der Waals surface area contributed by atoms with E-state index in [0.717, 1.165) is 0 Å². The van der Waals surface area contributed by atoms with Crippen LogP contribution in [-0.2, 0) is 18.1 Å². The van der Waals surface area contributed by atoms with Crippen LogP contribution < -0.4 is 0 Å². The molecule has 82 valence electrons. The normalized spacial score (nSPS) is 31.6. The van der Waals surface area contributed by atoms with Crippen LogP contribution in [0, 0.1) is 0 Å². The maximum Gasteiger partial charge on any atom is 0.515 e. The van der Waals surface area contributed by atoms with Gasteiger partial charge >= 0.3 is 14.8 Å². The molecular formula is C7H14O5SSi. The van der Waals surface area contributed by atoms with Gasteiger partial charge in [0.1, 0.15) is 9.62 Å². The SMILES string of the molecule is CO[Si](OC)(OC)C1SC1(C)C(=O)O. The van der Waals surface area contributed by atoms with Crippen molar-refractivity contribution in [1.82, 2.24) is 0 Å². The summed E-state index contributed by atoms with van der Waals surface area (Å²) in [7, 11) is 1.66. The van der Waals surface area contributed by atoms with E-state index in [4.69, 9.17) is 18.4 Å². The summed E-state index contributed by atoms with van der Waals surface area (Å²) < 4.78 is 14.8. The molecule has 1 saturated heterocycles. The molecule has 0 spiro atoms. The molecule has 14 heavy (non-hydrogen) atoms. The van der Waals surface area contributed by atoms with Crippen LogP contribution in [0.2, 0.25) is 0 Å². The highest BCUT2D eigenvalue weighted by Gasteiger charge is 2.72. The van der Waals surface area contributed by atoms with Gasteiger partial charge in [-0.1, -0.05) is 0 Å². The van der Waals surface area contributed by atoms with Gasteiger partial charge in [-0.15, -0.1) is 11.8 Å². The molecular weight excluding hydrogens is 224 g/mol. The second-order valence-corrected chi connectivity index (χ2v) is 8.11. The van der Waals surface area contributed by atoms with Crippen LogP contribution in [0.4, 0.5) is 0 Å². The van der Waals surface area contributed by atoms with Gasteiger partial charge in [-0.3, -0.25) is 4.79 Å². The Morgan fingerprint density at radius 1 is 1.36 bits per heavy atom. The molecule has 0 aromatic carbocycles. The number of carboxylic acid groups (broad SMARTS) is 1. The van der Waals surface area contributed by atoms with Gasteiger partial charge in [-0.2, -0.15) is 0 Å². The van der Waals surface area contributed by atoms with Gasteiger partial charge in [0.25, 0.3) is 0 Å². The molecule has 0 aromatic heterocycles. The average Bonchev–Trinajstić information content (AvgIpc) is 2.85. The Morgan fingerprint density at radius 3 is 2.00 bits per heavy atom. The van der Waals surface area contributed by atoms with Crippen molar-refractivity contribution in [3.05, 3.63) is 0 Å². The molecule has 2 unspecified atom stereocenters. The maximum atomic E-state index is 10.9. The minimum Gasteiger partial charge on any atom is -0.480 e. The molecule has 2 atom stereocenters. The minimum absolute atomic E-state index is 0.215. The quantitative estimate of drug-likeness (QED) is 0.551. The molecule has 0 aliphatic carbocycles. The largest absolute Gasteiger partial charge is 0.515 e. The van der Waals surface area contributed by atoms with E-state index in [2.05, 4.69) is 0 Å². The number of carboxylic acids is 1. The van der Waals surface area contributed by atoms with Gasteiger partial charge in [0.05, 0.1) is 0 Å². The fraction of sp³-hybridized carbons (Fsp3) is 0.857. The maximum absolute atomic E-state index is 10.9. The zero-order valence-corrected chi connectivity index (χ0v) is 10.4. The zero-order valence-electron chi connectivity index (χ0n) is 8.57. The Bertz CT molecular complexity index is 236. The number of hydrogen-bond acceptors (Lipinski definition) is 5. The van der Waals surface area contributed by atoms with Crippen LogP contribution in [0.3, 0.4) is 0 Å². The predicted octanol–water partition coefficient (Wildman–Crippen LogP) is 0.362. The summed E-state index contributed by atoms with van der Waals surface area (Å²) >= 11 is 1.31. The van der Waals surface area contributed by atoms with Crippen LogP contribution >= 0.6 is 11.8 Å². The summed E-state index contributed by atoms with van der Waals surface area (Å²) in [5, 5.41) is 8.97. The molecule has 0 amide bonds. The third-order valence-corrected chi connectivity index (χ3v) is 8.11. The highest BCUT2D eigenvalue weighted by Crippen LogP contribution is 2.57. The van der Waals surface area contributed by atoms with Crippen molar-refractivity contribution < 1.29 is 23.2 Å². The standard InChI is InChI=1S/C7H14O5SSi/c1-7(5(8)9)6(13-7)14(10-2,11-3)12-4/h6H,1-4H3,(H,8,9). The fourth-order valence-corrected chi connectivity index (χ4v) is 6.53. The van der Waals surface area contributed by atoms with E-state index in [1.807, 2.05) is 0 Å². The molecule has 1 fully saturated rings. The van der Waals surface area contributed by atoms with Crippen molar-refractivity contribution in [2.24, 2.45) is 0 Å². The Labute approximate surface area is 88.1 Å². The third kappa shape index (κ3) is 1.59. The van der Waals surface area contributed by atoms with Gasteiger partial charge in [-0.25, -0.2) is 0 Å². The van der Waals surface area contributed by atoms with Crippen LogP contribution in [0.25, 0.3) is 0 Å². The topological polar surface area (TPSA) is 65.0 Å². The summed E-state index contributed by atoms with van der Waals surface area (Å²) in [5.41, 5.74) is 0. The van der Waals surface area contributed by atoms with Gasteiger partial charge < -0.3 is 18.4 Å². The molecule has 1 aliphatic heterocycles. The van der Waals surface area contributed by atoms with Crippen molar-refractivity contribution in [1.29, 1.82) is 0 Å². The lowest BCUT2D eigenvalue weighted by molar-refractivity contribution is -0.138. The summed E-state index contributed by atoms with van der Waals surface area (Å²) in [6.07, 6.45) is 0. The summed E-state index contributed by atoms with van der Waals surface area (Å²) in [4.78, 5) is 10.7. The molecule has 1 aliphatic rings. The van der Waals surface area contributed by atoms with Gasteiger partial charge in [0.2, 0.25) is 0 Å². The monoisotopic (exact) mass is 238 g/mol. The second kappa shape index (κ2) is 3.82. The second-order valence-electron chi connectivity index (χ2n) is 3.13. The lowest BCUT2D eigenvalue weighted by atomic mass is 10.2. The fourth-order valence-electron chi connectivity index (χ4n) is 1.35. The molecule has 5 nitrogen and oxygen atoms in total. The van der Waals surface area contributed by atoms with E-state index < -0.39 is 19.5 Å². The first-order chi connectivity index (χ1) is 6.46. The molecule has 0 bridgehead atoms. The summed E-state index contributed by atoms with van der Waals surface area (Å²) in [5.74, 6) is -0.851. The molecule has 0 saturated carbocycles. The molecule has 1 heterocycles. The van der Waals surface area contributed by atoms with E-state index in [-0.39, 0.29) is 4.87 Å². The van der Waals surface area contributed by atoms with E-state index >= 15 is 0 Å². The Balaban J connectivity index is 2.81. The summed E-state index contributed by atoms with van der Waals surface area (Å²) in [6.45, 7) is 1.66.